The van der Waals surface area contributed by atoms with Gasteiger partial charge in [0.25, 0.3) is 0 Å². The first-order valence-corrected chi connectivity index (χ1v) is 7.02. The normalized spacial score (nSPS) is 14.2. The molecule has 0 saturated carbocycles. The number of amides is 1. The lowest BCUT2D eigenvalue weighted by Gasteiger charge is -2.15. The summed E-state index contributed by atoms with van der Waals surface area (Å²) in [5.41, 5.74) is 0.937. The van der Waals surface area contributed by atoms with Crippen LogP contribution in [0.1, 0.15) is 23.2 Å². The van der Waals surface area contributed by atoms with E-state index in [0.717, 1.165) is 18.2 Å². The van der Waals surface area contributed by atoms with Crippen molar-refractivity contribution in [2.45, 2.75) is 12.8 Å². The molecule has 0 atom stereocenters. The van der Waals surface area contributed by atoms with Crippen LogP contribution in [0, 0.1) is 5.82 Å². The van der Waals surface area contributed by atoms with E-state index in [1.54, 1.807) is 29.2 Å². The quantitative estimate of drug-likeness (QED) is 0.646. The SMILES string of the molecule is O=C(Oc1ccc(N2CCCC2=O)cc1)c1cccc(F)c1. The van der Waals surface area contributed by atoms with Crippen LogP contribution in [0.2, 0.25) is 0 Å². The molecule has 1 saturated heterocycles. The Labute approximate surface area is 127 Å². The van der Waals surface area contributed by atoms with Gasteiger partial charge in [-0.1, -0.05) is 6.07 Å². The fraction of sp³-hybridized carbons (Fsp3) is 0.176. The molecule has 0 spiro atoms. The zero-order chi connectivity index (χ0) is 15.5. The van der Waals surface area contributed by atoms with Gasteiger partial charge in [-0.3, -0.25) is 4.79 Å². The van der Waals surface area contributed by atoms with E-state index in [-0.39, 0.29) is 11.5 Å². The van der Waals surface area contributed by atoms with Crippen molar-refractivity contribution in [3.63, 3.8) is 0 Å². The summed E-state index contributed by atoms with van der Waals surface area (Å²) in [5, 5.41) is 0. The van der Waals surface area contributed by atoms with Gasteiger partial charge in [0.05, 0.1) is 5.56 Å². The van der Waals surface area contributed by atoms with Gasteiger partial charge in [0.2, 0.25) is 5.91 Å². The van der Waals surface area contributed by atoms with Crippen LogP contribution in [0.5, 0.6) is 5.75 Å². The summed E-state index contributed by atoms with van der Waals surface area (Å²) < 4.78 is 18.3. The van der Waals surface area contributed by atoms with Crippen LogP contribution in [0.4, 0.5) is 10.1 Å². The maximum Gasteiger partial charge on any atom is 0.343 e. The van der Waals surface area contributed by atoms with E-state index in [0.29, 0.717) is 18.7 Å². The Morgan fingerprint density at radius 2 is 1.91 bits per heavy atom. The van der Waals surface area contributed by atoms with Crippen molar-refractivity contribution in [2.75, 3.05) is 11.4 Å². The Bertz CT molecular complexity index is 712. The molecule has 3 rings (SSSR count). The zero-order valence-electron chi connectivity index (χ0n) is 11.8. The Kier molecular flexibility index (Phi) is 3.87. The number of ether oxygens (including phenoxy) is 1. The van der Waals surface area contributed by atoms with Gasteiger partial charge >= 0.3 is 5.97 Å². The fourth-order valence-electron chi connectivity index (χ4n) is 2.40. The highest BCUT2D eigenvalue weighted by molar-refractivity contribution is 5.95. The van der Waals surface area contributed by atoms with Crippen LogP contribution < -0.4 is 9.64 Å². The molecule has 1 fully saturated rings. The summed E-state index contributed by atoms with van der Waals surface area (Å²) in [6.45, 7) is 0.710. The van der Waals surface area contributed by atoms with Gasteiger partial charge in [0, 0.05) is 18.7 Å². The van der Waals surface area contributed by atoms with Gasteiger partial charge < -0.3 is 9.64 Å². The molecule has 1 aliphatic rings. The summed E-state index contributed by atoms with van der Waals surface area (Å²) in [5.74, 6) is -0.656. The van der Waals surface area contributed by atoms with Gasteiger partial charge in [0.1, 0.15) is 11.6 Å². The minimum absolute atomic E-state index is 0.101. The first kappa shape index (κ1) is 14.3. The van der Waals surface area contributed by atoms with Crippen molar-refractivity contribution in [3.05, 3.63) is 59.9 Å². The molecular formula is C17H14FNO3. The molecular weight excluding hydrogens is 285 g/mol. The second-order valence-corrected chi connectivity index (χ2v) is 5.04. The third-order valence-corrected chi connectivity index (χ3v) is 3.49. The summed E-state index contributed by atoms with van der Waals surface area (Å²) >= 11 is 0. The fourth-order valence-corrected chi connectivity index (χ4v) is 2.40. The number of anilines is 1. The van der Waals surface area contributed by atoms with E-state index >= 15 is 0 Å². The van der Waals surface area contributed by atoms with Crippen molar-refractivity contribution < 1.29 is 18.7 Å². The van der Waals surface area contributed by atoms with Crippen LogP contribution in [0.15, 0.2) is 48.5 Å². The number of halogens is 1. The zero-order valence-corrected chi connectivity index (χ0v) is 11.8. The predicted molar refractivity (Wildman–Crippen MR) is 79.4 cm³/mol. The molecule has 0 unspecified atom stereocenters. The second kappa shape index (κ2) is 5.97. The number of rotatable bonds is 3. The van der Waals surface area contributed by atoms with Crippen molar-refractivity contribution in [1.82, 2.24) is 0 Å². The Hall–Kier alpha value is -2.69. The minimum Gasteiger partial charge on any atom is -0.423 e. The number of hydrogen-bond acceptors (Lipinski definition) is 3. The number of esters is 1. The number of benzene rings is 2. The van der Waals surface area contributed by atoms with Crippen molar-refractivity contribution in [2.24, 2.45) is 0 Å². The molecule has 1 amide bonds. The van der Waals surface area contributed by atoms with Crippen LogP contribution in [0.25, 0.3) is 0 Å². The molecule has 0 radical (unpaired) electrons. The van der Waals surface area contributed by atoms with Gasteiger partial charge in [-0.15, -0.1) is 0 Å². The topological polar surface area (TPSA) is 46.6 Å². The molecule has 112 valence electrons. The first-order chi connectivity index (χ1) is 10.6. The Balaban J connectivity index is 1.71. The molecule has 1 heterocycles. The monoisotopic (exact) mass is 299 g/mol. The van der Waals surface area contributed by atoms with Crippen molar-refractivity contribution >= 4 is 17.6 Å². The Morgan fingerprint density at radius 3 is 2.55 bits per heavy atom. The van der Waals surface area contributed by atoms with E-state index in [1.165, 1.54) is 18.2 Å². The summed E-state index contributed by atoms with van der Waals surface area (Å²) in [6, 6.07) is 12.0. The molecule has 1 aliphatic heterocycles. The van der Waals surface area contributed by atoms with E-state index in [1.807, 2.05) is 0 Å². The van der Waals surface area contributed by atoms with E-state index in [9.17, 15) is 14.0 Å². The van der Waals surface area contributed by atoms with Gasteiger partial charge in [-0.05, 0) is 48.9 Å². The molecule has 5 heteroatoms. The lowest BCUT2D eigenvalue weighted by Crippen LogP contribution is -2.23. The molecule has 2 aromatic carbocycles. The second-order valence-electron chi connectivity index (χ2n) is 5.04. The van der Waals surface area contributed by atoms with Crippen LogP contribution in [-0.4, -0.2) is 18.4 Å². The highest BCUT2D eigenvalue weighted by atomic mass is 19.1. The molecule has 4 nitrogen and oxygen atoms in total. The average Bonchev–Trinajstić information content (AvgIpc) is 2.94. The molecule has 22 heavy (non-hydrogen) atoms. The van der Waals surface area contributed by atoms with E-state index < -0.39 is 11.8 Å². The van der Waals surface area contributed by atoms with E-state index in [2.05, 4.69) is 0 Å². The molecule has 0 aromatic heterocycles. The first-order valence-electron chi connectivity index (χ1n) is 7.02. The van der Waals surface area contributed by atoms with Crippen LogP contribution in [0.3, 0.4) is 0 Å². The molecule has 2 aromatic rings. The number of carbonyl (C=O) groups excluding carboxylic acids is 2. The van der Waals surface area contributed by atoms with Crippen LogP contribution in [-0.2, 0) is 4.79 Å². The summed E-state index contributed by atoms with van der Waals surface area (Å²) in [7, 11) is 0. The number of nitrogens with zero attached hydrogens (tertiary/aromatic N) is 1. The highest BCUT2D eigenvalue weighted by Crippen LogP contribution is 2.24. The van der Waals surface area contributed by atoms with Gasteiger partial charge in [0.15, 0.2) is 0 Å². The standard InChI is InChI=1S/C17H14FNO3/c18-13-4-1-3-12(11-13)17(21)22-15-8-6-14(7-9-15)19-10-2-5-16(19)20/h1,3-4,6-9,11H,2,5,10H2. The lowest BCUT2D eigenvalue weighted by molar-refractivity contribution is -0.117. The molecule has 0 bridgehead atoms. The van der Waals surface area contributed by atoms with Crippen LogP contribution >= 0.6 is 0 Å². The maximum atomic E-state index is 13.1. The number of hydrogen-bond donors (Lipinski definition) is 0. The summed E-state index contributed by atoms with van der Waals surface area (Å²) in [6.07, 6.45) is 1.42. The average molecular weight is 299 g/mol. The number of carbonyl (C=O) groups is 2. The maximum absolute atomic E-state index is 13.1. The molecule has 0 N–H and O–H groups in total. The third-order valence-electron chi connectivity index (χ3n) is 3.49. The third kappa shape index (κ3) is 2.98. The Morgan fingerprint density at radius 1 is 1.14 bits per heavy atom. The molecule has 0 aliphatic carbocycles. The van der Waals surface area contributed by atoms with Crippen molar-refractivity contribution in [3.8, 4) is 5.75 Å². The highest BCUT2D eigenvalue weighted by Gasteiger charge is 2.21. The van der Waals surface area contributed by atoms with Gasteiger partial charge in [-0.25, -0.2) is 9.18 Å². The van der Waals surface area contributed by atoms with Crippen molar-refractivity contribution in [1.29, 1.82) is 0 Å². The van der Waals surface area contributed by atoms with E-state index in [4.69, 9.17) is 4.74 Å². The van der Waals surface area contributed by atoms with Gasteiger partial charge in [-0.2, -0.15) is 0 Å². The largest absolute Gasteiger partial charge is 0.423 e. The summed E-state index contributed by atoms with van der Waals surface area (Å²) in [4.78, 5) is 25.3. The predicted octanol–water partition coefficient (Wildman–Crippen LogP) is 3.17. The minimum atomic E-state index is -0.621. The smallest absolute Gasteiger partial charge is 0.343 e. The lowest BCUT2D eigenvalue weighted by atomic mass is 10.2.